The second kappa shape index (κ2) is 7.85. The number of hydrogen-bond acceptors (Lipinski definition) is 2. The Kier molecular flexibility index (Phi) is 5.59. The van der Waals surface area contributed by atoms with Crippen molar-refractivity contribution in [2.45, 2.75) is 6.42 Å². The maximum Gasteiger partial charge on any atom is 0.261 e. The monoisotopic (exact) mass is 312 g/mol. The highest BCUT2D eigenvalue weighted by molar-refractivity contribution is 6.01. The summed E-state index contributed by atoms with van der Waals surface area (Å²) in [6, 6.07) is 14.5. The molecule has 0 aromatic heterocycles. The second-order valence-electron chi connectivity index (χ2n) is 4.83. The minimum absolute atomic E-state index is 0.163. The van der Waals surface area contributed by atoms with Crippen molar-refractivity contribution < 1.29 is 13.6 Å². The SMILES string of the molecule is N#C/C(=C/c1ccc(F)c(F)c1)C(=O)NCCc1ccccc1. The molecule has 23 heavy (non-hydrogen) atoms. The molecular formula is C18H14F2N2O. The van der Waals surface area contributed by atoms with Gasteiger partial charge in [-0.25, -0.2) is 8.78 Å². The van der Waals surface area contributed by atoms with E-state index in [-0.39, 0.29) is 11.1 Å². The first-order chi connectivity index (χ1) is 11.1. The predicted octanol–water partition coefficient (Wildman–Crippen LogP) is 3.23. The van der Waals surface area contributed by atoms with Gasteiger partial charge in [-0.05, 0) is 35.8 Å². The molecule has 3 nitrogen and oxygen atoms in total. The smallest absolute Gasteiger partial charge is 0.261 e. The van der Waals surface area contributed by atoms with Crippen LogP contribution in [0.15, 0.2) is 54.1 Å². The van der Waals surface area contributed by atoms with E-state index in [0.29, 0.717) is 13.0 Å². The normalized spacial score (nSPS) is 10.9. The van der Waals surface area contributed by atoms with E-state index < -0.39 is 17.5 Å². The average Bonchev–Trinajstić information content (AvgIpc) is 2.56. The van der Waals surface area contributed by atoms with Crippen LogP contribution in [-0.2, 0) is 11.2 Å². The van der Waals surface area contributed by atoms with Gasteiger partial charge in [0.2, 0.25) is 0 Å². The third-order valence-electron chi connectivity index (χ3n) is 3.16. The van der Waals surface area contributed by atoms with Gasteiger partial charge < -0.3 is 5.32 Å². The number of rotatable bonds is 5. The van der Waals surface area contributed by atoms with Crippen LogP contribution in [0.5, 0.6) is 0 Å². The van der Waals surface area contributed by atoms with Gasteiger partial charge in [0.15, 0.2) is 11.6 Å². The zero-order chi connectivity index (χ0) is 16.7. The highest BCUT2D eigenvalue weighted by Crippen LogP contribution is 2.12. The Labute approximate surface area is 132 Å². The third-order valence-corrected chi connectivity index (χ3v) is 3.16. The molecule has 116 valence electrons. The molecule has 0 atom stereocenters. The van der Waals surface area contributed by atoms with Crippen LogP contribution in [0.1, 0.15) is 11.1 Å². The molecule has 0 saturated heterocycles. The molecule has 1 amide bonds. The van der Waals surface area contributed by atoms with Gasteiger partial charge in [0.05, 0.1) is 0 Å². The molecule has 0 bridgehead atoms. The van der Waals surface area contributed by atoms with E-state index in [0.717, 1.165) is 17.7 Å². The van der Waals surface area contributed by atoms with Gasteiger partial charge in [-0.15, -0.1) is 0 Å². The molecule has 2 rings (SSSR count). The van der Waals surface area contributed by atoms with Crippen molar-refractivity contribution in [3.8, 4) is 6.07 Å². The van der Waals surface area contributed by atoms with Crippen molar-refractivity contribution in [2.75, 3.05) is 6.54 Å². The molecular weight excluding hydrogens is 298 g/mol. The molecule has 0 saturated carbocycles. The third kappa shape index (κ3) is 4.75. The number of nitrogens with one attached hydrogen (secondary N) is 1. The number of carbonyl (C=O) groups excluding carboxylic acids is 1. The summed E-state index contributed by atoms with van der Waals surface area (Å²) < 4.78 is 26.0. The zero-order valence-electron chi connectivity index (χ0n) is 12.2. The second-order valence-corrected chi connectivity index (χ2v) is 4.83. The predicted molar refractivity (Wildman–Crippen MR) is 83.1 cm³/mol. The number of nitrogens with zero attached hydrogens (tertiary/aromatic N) is 1. The van der Waals surface area contributed by atoms with E-state index in [1.54, 1.807) is 6.07 Å². The molecule has 5 heteroatoms. The number of halogens is 2. The summed E-state index contributed by atoms with van der Waals surface area (Å²) in [4.78, 5) is 12.0. The number of hydrogen-bond donors (Lipinski definition) is 1. The van der Waals surface area contributed by atoms with Gasteiger partial charge in [-0.2, -0.15) is 5.26 Å². The molecule has 0 aliphatic heterocycles. The van der Waals surface area contributed by atoms with Gasteiger partial charge in [-0.3, -0.25) is 4.79 Å². The van der Waals surface area contributed by atoms with Gasteiger partial charge in [-0.1, -0.05) is 36.4 Å². The molecule has 2 aromatic rings. The summed E-state index contributed by atoms with van der Waals surface area (Å²) >= 11 is 0. The molecule has 0 unspecified atom stereocenters. The molecule has 0 fully saturated rings. The summed E-state index contributed by atoms with van der Waals surface area (Å²) in [7, 11) is 0. The Morgan fingerprint density at radius 3 is 2.52 bits per heavy atom. The summed E-state index contributed by atoms with van der Waals surface area (Å²) in [6.45, 7) is 0.375. The zero-order valence-corrected chi connectivity index (χ0v) is 12.2. The van der Waals surface area contributed by atoms with Gasteiger partial charge >= 0.3 is 0 Å². The van der Waals surface area contributed by atoms with Gasteiger partial charge in [0, 0.05) is 6.54 Å². The Morgan fingerprint density at radius 1 is 1.13 bits per heavy atom. The van der Waals surface area contributed by atoms with Crippen molar-refractivity contribution in [1.82, 2.24) is 5.32 Å². The standard InChI is InChI=1S/C18H14F2N2O/c19-16-7-6-14(11-17(16)20)10-15(12-21)18(23)22-9-8-13-4-2-1-3-5-13/h1-7,10-11H,8-9H2,(H,22,23)/b15-10-. The van der Waals surface area contributed by atoms with E-state index in [1.807, 2.05) is 30.3 Å². The molecule has 1 N–H and O–H groups in total. The van der Waals surface area contributed by atoms with Crippen LogP contribution in [0.4, 0.5) is 8.78 Å². The largest absolute Gasteiger partial charge is 0.351 e. The van der Waals surface area contributed by atoms with E-state index in [2.05, 4.69) is 5.32 Å². The molecule has 2 aromatic carbocycles. The maximum atomic E-state index is 13.1. The fourth-order valence-corrected chi connectivity index (χ4v) is 1.98. The van der Waals surface area contributed by atoms with Crippen molar-refractivity contribution in [2.24, 2.45) is 0 Å². The fraction of sp³-hybridized carbons (Fsp3) is 0.111. The summed E-state index contributed by atoms with van der Waals surface area (Å²) in [5.41, 5.74) is 1.15. The lowest BCUT2D eigenvalue weighted by Crippen LogP contribution is -2.26. The lowest BCUT2D eigenvalue weighted by Gasteiger charge is -2.04. The van der Waals surface area contributed by atoms with Crippen LogP contribution in [0.2, 0.25) is 0 Å². The van der Waals surface area contributed by atoms with E-state index in [1.165, 1.54) is 12.1 Å². The highest BCUT2D eigenvalue weighted by atomic mass is 19.2. The Bertz CT molecular complexity index is 764. The van der Waals surface area contributed by atoms with Crippen LogP contribution in [0.3, 0.4) is 0 Å². The molecule has 0 aliphatic carbocycles. The molecule has 0 spiro atoms. The quantitative estimate of drug-likeness (QED) is 0.681. The topological polar surface area (TPSA) is 52.9 Å². The van der Waals surface area contributed by atoms with Gasteiger partial charge in [0.1, 0.15) is 11.6 Å². The lowest BCUT2D eigenvalue weighted by atomic mass is 10.1. The first kappa shape index (κ1) is 16.4. The lowest BCUT2D eigenvalue weighted by molar-refractivity contribution is -0.117. The van der Waals surface area contributed by atoms with Crippen molar-refractivity contribution in [1.29, 1.82) is 5.26 Å². The van der Waals surface area contributed by atoms with Crippen molar-refractivity contribution in [3.05, 3.63) is 76.9 Å². The minimum Gasteiger partial charge on any atom is -0.351 e. The summed E-state index contributed by atoms with van der Waals surface area (Å²) in [5, 5.41) is 11.7. The first-order valence-corrected chi connectivity index (χ1v) is 6.99. The number of benzene rings is 2. The fourth-order valence-electron chi connectivity index (χ4n) is 1.98. The number of amides is 1. The maximum absolute atomic E-state index is 13.1. The Hall–Kier alpha value is -3.00. The molecule has 0 aliphatic rings. The van der Waals surface area contributed by atoms with Crippen LogP contribution in [0, 0.1) is 23.0 Å². The minimum atomic E-state index is -1.03. The molecule has 0 radical (unpaired) electrons. The number of nitriles is 1. The van der Waals surface area contributed by atoms with Crippen molar-refractivity contribution in [3.63, 3.8) is 0 Å². The summed E-state index contributed by atoms with van der Waals surface area (Å²) in [6.07, 6.45) is 1.86. The highest BCUT2D eigenvalue weighted by Gasteiger charge is 2.09. The average molecular weight is 312 g/mol. The summed E-state index contributed by atoms with van der Waals surface area (Å²) in [5.74, 6) is -2.55. The van der Waals surface area contributed by atoms with Gasteiger partial charge in [0.25, 0.3) is 5.91 Å². The number of carbonyl (C=O) groups is 1. The van der Waals surface area contributed by atoms with E-state index >= 15 is 0 Å². The van der Waals surface area contributed by atoms with Crippen LogP contribution < -0.4 is 5.32 Å². The van der Waals surface area contributed by atoms with Crippen LogP contribution >= 0.6 is 0 Å². The van der Waals surface area contributed by atoms with E-state index in [9.17, 15) is 13.6 Å². The Morgan fingerprint density at radius 2 is 1.87 bits per heavy atom. The van der Waals surface area contributed by atoms with E-state index in [4.69, 9.17) is 5.26 Å². The Balaban J connectivity index is 1.99. The van der Waals surface area contributed by atoms with Crippen LogP contribution in [0.25, 0.3) is 6.08 Å². The van der Waals surface area contributed by atoms with Crippen molar-refractivity contribution >= 4 is 12.0 Å². The van der Waals surface area contributed by atoms with Crippen LogP contribution in [-0.4, -0.2) is 12.5 Å². The molecule has 0 heterocycles. The first-order valence-electron chi connectivity index (χ1n) is 6.99.